The molecule has 9 heteroatoms. The number of amides is 1. The number of nitrogens with zero attached hydrogens (tertiary/aromatic N) is 1. The van der Waals surface area contributed by atoms with Crippen molar-refractivity contribution in [3.63, 3.8) is 0 Å². The van der Waals surface area contributed by atoms with E-state index in [1.165, 1.54) is 6.92 Å². The van der Waals surface area contributed by atoms with Gasteiger partial charge in [0.05, 0.1) is 16.2 Å². The van der Waals surface area contributed by atoms with Crippen molar-refractivity contribution in [2.75, 3.05) is 5.32 Å². The van der Waals surface area contributed by atoms with E-state index in [2.05, 4.69) is 31.1 Å². The summed E-state index contributed by atoms with van der Waals surface area (Å²) in [6.07, 6.45) is 0. The molecule has 2 aromatic carbocycles. The van der Waals surface area contributed by atoms with Crippen LogP contribution in [0.15, 0.2) is 56.4 Å². The molecular formula is C20H20BrN3O4S. The van der Waals surface area contributed by atoms with E-state index in [1.807, 2.05) is 24.3 Å². The summed E-state index contributed by atoms with van der Waals surface area (Å²) in [5.74, 6) is -0.122. The molecule has 3 rings (SSSR count). The third kappa shape index (κ3) is 4.92. The van der Waals surface area contributed by atoms with E-state index in [9.17, 15) is 13.2 Å². The molecule has 3 aromatic rings. The lowest BCUT2D eigenvalue weighted by Crippen LogP contribution is -2.24. The number of carbonyl (C=O) groups excluding carboxylic acids is 1. The molecule has 1 heterocycles. The fraction of sp³-hybridized carbons (Fsp3) is 0.200. The standard InChI is InChI=1S/C20H20BrN3O4S/c1-12-4-7-16(19-13(2)24-28-20(19)23-14(3)25)10-18(12)29(26,27)22-11-15-5-8-17(21)9-6-15/h4-10,22H,11H2,1-3H3,(H,23,25). The predicted molar refractivity (Wildman–Crippen MR) is 114 cm³/mol. The minimum Gasteiger partial charge on any atom is -0.337 e. The van der Waals surface area contributed by atoms with Crippen LogP contribution in [0.1, 0.15) is 23.7 Å². The number of halogens is 1. The number of hydrogen-bond acceptors (Lipinski definition) is 5. The minimum absolute atomic E-state index is 0.154. The fourth-order valence-corrected chi connectivity index (χ4v) is 4.41. The Morgan fingerprint density at radius 3 is 2.48 bits per heavy atom. The molecule has 2 N–H and O–H groups in total. The minimum atomic E-state index is -3.76. The zero-order chi connectivity index (χ0) is 21.2. The first-order valence-electron chi connectivity index (χ1n) is 8.76. The van der Waals surface area contributed by atoms with Crippen molar-refractivity contribution in [3.8, 4) is 11.1 Å². The largest absolute Gasteiger partial charge is 0.337 e. The summed E-state index contributed by atoms with van der Waals surface area (Å²) < 4.78 is 34.6. The van der Waals surface area contributed by atoms with Crippen molar-refractivity contribution in [2.24, 2.45) is 0 Å². The summed E-state index contributed by atoms with van der Waals surface area (Å²) in [7, 11) is -3.76. The van der Waals surface area contributed by atoms with E-state index >= 15 is 0 Å². The van der Waals surface area contributed by atoms with E-state index in [0.717, 1.165) is 10.0 Å². The highest BCUT2D eigenvalue weighted by Crippen LogP contribution is 2.33. The molecule has 0 radical (unpaired) electrons. The van der Waals surface area contributed by atoms with Crippen LogP contribution in [0.3, 0.4) is 0 Å². The van der Waals surface area contributed by atoms with Gasteiger partial charge in [-0.25, -0.2) is 13.1 Å². The average molecular weight is 478 g/mol. The number of anilines is 1. The molecule has 0 bridgehead atoms. The first-order chi connectivity index (χ1) is 13.7. The second-order valence-electron chi connectivity index (χ2n) is 6.58. The smallest absolute Gasteiger partial charge is 0.241 e. The van der Waals surface area contributed by atoms with Crippen LogP contribution < -0.4 is 10.0 Å². The molecule has 0 spiro atoms. The van der Waals surface area contributed by atoms with E-state index in [1.54, 1.807) is 32.0 Å². The molecule has 0 atom stereocenters. The number of aryl methyl sites for hydroxylation is 2. The molecule has 0 saturated heterocycles. The molecular weight excluding hydrogens is 458 g/mol. The number of rotatable bonds is 6. The Labute approximate surface area is 177 Å². The first kappa shape index (κ1) is 21.2. The average Bonchev–Trinajstić information content (AvgIpc) is 3.01. The third-order valence-corrected chi connectivity index (χ3v) is 6.37. The normalized spacial score (nSPS) is 11.4. The molecule has 0 aliphatic rings. The lowest BCUT2D eigenvalue weighted by Gasteiger charge is -2.12. The maximum atomic E-state index is 12.9. The number of aromatic nitrogens is 1. The SMILES string of the molecule is CC(=O)Nc1onc(C)c1-c1ccc(C)c(S(=O)(=O)NCc2ccc(Br)cc2)c1. The van der Waals surface area contributed by atoms with Gasteiger partial charge in [-0.05, 0) is 48.7 Å². The van der Waals surface area contributed by atoms with Gasteiger partial charge in [-0.15, -0.1) is 0 Å². The highest BCUT2D eigenvalue weighted by Gasteiger charge is 2.21. The molecule has 1 aromatic heterocycles. The fourth-order valence-electron chi connectivity index (χ4n) is 2.86. The van der Waals surface area contributed by atoms with E-state index in [4.69, 9.17) is 4.52 Å². The second kappa shape index (κ2) is 8.48. The van der Waals surface area contributed by atoms with Crippen molar-refractivity contribution in [2.45, 2.75) is 32.2 Å². The highest BCUT2D eigenvalue weighted by atomic mass is 79.9. The van der Waals surface area contributed by atoms with Crippen molar-refractivity contribution >= 4 is 37.7 Å². The monoisotopic (exact) mass is 477 g/mol. The molecule has 152 valence electrons. The summed E-state index contributed by atoms with van der Waals surface area (Å²) >= 11 is 3.36. The molecule has 0 saturated carbocycles. The van der Waals surface area contributed by atoms with Gasteiger partial charge in [0.2, 0.25) is 21.8 Å². The molecule has 0 unspecified atom stereocenters. The molecule has 1 amide bonds. The number of sulfonamides is 1. The quantitative estimate of drug-likeness (QED) is 0.554. The lowest BCUT2D eigenvalue weighted by atomic mass is 10.0. The van der Waals surface area contributed by atoms with Crippen molar-refractivity contribution in [3.05, 3.63) is 63.8 Å². The Hall–Kier alpha value is -2.49. The first-order valence-corrected chi connectivity index (χ1v) is 11.0. The van der Waals surface area contributed by atoms with Gasteiger partial charge in [0.1, 0.15) is 0 Å². The lowest BCUT2D eigenvalue weighted by molar-refractivity contribution is -0.114. The Morgan fingerprint density at radius 1 is 1.14 bits per heavy atom. The molecule has 29 heavy (non-hydrogen) atoms. The summed E-state index contributed by atoms with van der Waals surface area (Å²) in [5, 5.41) is 6.46. The summed E-state index contributed by atoms with van der Waals surface area (Å²) in [6.45, 7) is 4.98. The summed E-state index contributed by atoms with van der Waals surface area (Å²) in [4.78, 5) is 11.6. The Kier molecular flexibility index (Phi) is 6.21. The topological polar surface area (TPSA) is 101 Å². The van der Waals surface area contributed by atoms with Crippen molar-refractivity contribution < 1.29 is 17.7 Å². The van der Waals surface area contributed by atoms with Gasteiger partial charge in [0, 0.05) is 17.9 Å². The van der Waals surface area contributed by atoms with Gasteiger partial charge in [-0.3, -0.25) is 10.1 Å². The van der Waals surface area contributed by atoms with Crippen LogP contribution in [-0.4, -0.2) is 19.5 Å². The van der Waals surface area contributed by atoms with E-state index < -0.39 is 10.0 Å². The number of nitrogens with one attached hydrogen (secondary N) is 2. The predicted octanol–water partition coefficient (Wildman–Crippen LogP) is 4.16. The molecule has 0 fully saturated rings. The molecule has 0 aliphatic carbocycles. The van der Waals surface area contributed by atoms with Gasteiger partial charge < -0.3 is 4.52 Å². The van der Waals surface area contributed by atoms with Crippen LogP contribution in [0.2, 0.25) is 0 Å². The van der Waals surface area contributed by atoms with E-state index in [0.29, 0.717) is 22.4 Å². The Bertz CT molecular complexity index is 1150. The van der Waals surface area contributed by atoms with Crippen molar-refractivity contribution in [1.29, 1.82) is 0 Å². The van der Waals surface area contributed by atoms with E-state index in [-0.39, 0.29) is 23.2 Å². The van der Waals surface area contributed by atoms with Crippen molar-refractivity contribution in [1.82, 2.24) is 9.88 Å². The Balaban J connectivity index is 1.94. The zero-order valence-electron chi connectivity index (χ0n) is 16.1. The summed E-state index contributed by atoms with van der Waals surface area (Å²) in [5.41, 5.74) is 3.12. The van der Waals surface area contributed by atoms with Gasteiger partial charge >= 0.3 is 0 Å². The summed E-state index contributed by atoms with van der Waals surface area (Å²) in [6, 6.07) is 12.4. The van der Waals surface area contributed by atoms with Crippen LogP contribution in [-0.2, 0) is 21.4 Å². The van der Waals surface area contributed by atoms with Crippen LogP contribution in [0.5, 0.6) is 0 Å². The highest BCUT2D eigenvalue weighted by molar-refractivity contribution is 9.10. The molecule has 0 aliphatic heterocycles. The Morgan fingerprint density at radius 2 is 1.83 bits per heavy atom. The van der Waals surface area contributed by atoms with Crippen LogP contribution in [0.4, 0.5) is 5.88 Å². The van der Waals surface area contributed by atoms with Gasteiger partial charge in [-0.2, -0.15) is 0 Å². The van der Waals surface area contributed by atoms with Gasteiger partial charge in [0.15, 0.2) is 0 Å². The zero-order valence-corrected chi connectivity index (χ0v) is 18.5. The second-order valence-corrected chi connectivity index (χ2v) is 9.24. The van der Waals surface area contributed by atoms with Crippen LogP contribution >= 0.6 is 15.9 Å². The number of benzene rings is 2. The van der Waals surface area contributed by atoms with Crippen LogP contribution in [0, 0.1) is 13.8 Å². The van der Waals surface area contributed by atoms with Crippen LogP contribution in [0.25, 0.3) is 11.1 Å². The molecule has 7 nitrogen and oxygen atoms in total. The maximum absolute atomic E-state index is 12.9. The van der Waals surface area contributed by atoms with Gasteiger partial charge in [-0.1, -0.05) is 45.4 Å². The van der Waals surface area contributed by atoms with Gasteiger partial charge in [0.25, 0.3) is 0 Å². The number of carbonyl (C=O) groups is 1. The maximum Gasteiger partial charge on any atom is 0.241 e. The number of hydrogen-bond donors (Lipinski definition) is 2. The third-order valence-electron chi connectivity index (χ3n) is 4.30.